The number of hydrogen-bond donors (Lipinski definition) is 4. The Morgan fingerprint density at radius 1 is 1.20 bits per heavy atom. The molecule has 2 aromatic rings. The van der Waals surface area contributed by atoms with E-state index in [2.05, 4.69) is 28.7 Å². The highest BCUT2D eigenvalue weighted by molar-refractivity contribution is 5.97. The second-order valence-electron chi connectivity index (χ2n) is 6.41. The van der Waals surface area contributed by atoms with Gasteiger partial charge in [0.25, 0.3) is 18.2 Å². The number of amides is 2. The van der Waals surface area contributed by atoms with Gasteiger partial charge in [0.15, 0.2) is 5.60 Å². The van der Waals surface area contributed by atoms with Crippen LogP contribution in [-0.2, 0) is 11.8 Å². The first kappa shape index (κ1) is 22.6. The number of rotatable bonds is 5. The predicted octanol–water partition coefficient (Wildman–Crippen LogP) is 0.443. The summed E-state index contributed by atoms with van der Waals surface area (Å²) in [5.74, 6) is 8.52. The maximum Gasteiger partial charge on any atom is 0.269 e. The second-order valence-corrected chi connectivity index (χ2v) is 6.41. The van der Waals surface area contributed by atoms with Crippen LogP contribution in [0.2, 0.25) is 0 Å². The lowest BCUT2D eigenvalue weighted by Gasteiger charge is -2.30. The Morgan fingerprint density at radius 2 is 1.83 bits per heavy atom. The molecule has 1 heterocycles. The zero-order chi connectivity index (χ0) is 22.3. The molecule has 2 amide bonds. The molecule has 0 aliphatic heterocycles. The maximum absolute atomic E-state index is 13.0. The van der Waals surface area contributed by atoms with Gasteiger partial charge in [-0.05, 0) is 49.0 Å². The molecule has 4 N–H and O–H groups in total. The standard InChI is InChI=1S/C20H18F2N4O4/c1-20(29,19(21)22)16(18(28)25-30)24-17(27)14-9-7-13(8-10-14)5-3-4-6-15-11-26(2)12-23-15/h7-12,16,19,29-30H,1-2H3,(H,24,27)(H,25,28). The van der Waals surface area contributed by atoms with Crippen LogP contribution in [0.4, 0.5) is 8.78 Å². The van der Waals surface area contributed by atoms with Crippen LogP contribution in [0.25, 0.3) is 0 Å². The van der Waals surface area contributed by atoms with Gasteiger partial charge in [0.1, 0.15) is 11.7 Å². The minimum atomic E-state index is -3.36. The highest BCUT2D eigenvalue weighted by Gasteiger charge is 2.46. The van der Waals surface area contributed by atoms with Gasteiger partial charge in [0.05, 0.1) is 6.33 Å². The number of nitrogens with zero attached hydrogens (tertiary/aromatic N) is 2. The normalized spacial score (nSPS) is 13.2. The van der Waals surface area contributed by atoms with Crippen molar-refractivity contribution in [2.45, 2.75) is 25.0 Å². The quantitative estimate of drug-likeness (QED) is 0.321. The van der Waals surface area contributed by atoms with Crippen molar-refractivity contribution in [1.29, 1.82) is 0 Å². The number of alkyl halides is 2. The Kier molecular flexibility index (Phi) is 7.26. The number of carbonyl (C=O) groups is 2. The fraction of sp³-hybridized carbons (Fsp3) is 0.250. The minimum absolute atomic E-state index is 0.0286. The molecule has 1 aromatic carbocycles. The molecule has 8 nitrogen and oxygen atoms in total. The van der Waals surface area contributed by atoms with E-state index in [1.54, 1.807) is 17.1 Å². The van der Waals surface area contributed by atoms with Gasteiger partial charge < -0.3 is 15.0 Å². The number of benzene rings is 1. The van der Waals surface area contributed by atoms with Crippen molar-refractivity contribution in [3.8, 4) is 23.7 Å². The monoisotopic (exact) mass is 416 g/mol. The first-order valence-corrected chi connectivity index (χ1v) is 8.50. The number of hydrogen-bond acceptors (Lipinski definition) is 5. The highest BCUT2D eigenvalue weighted by Crippen LogP contribution is 2.20. The largest absolute Gasteiger partial charge is 0.381 e. The Balaban J connectivity index is 2.10. The van der Waals surface area contributed by atoms with Gasteiger partial charge in [-0.3, -0.25) is 14.8 Å². The van der Waals surface area contributed by atoms with Crippen LogP contribution in [-0.4, -0.2) is 49.7 Å². The van der Waals surface area contributed by atoms with Gasteiger partial charge in [0.2, 0.25) is 0 Å². The van der Waals surface area contributed by atoms with Crippen LogP contribution in [0.3, 0.4) is 0 Å². The molecular formula is C20H18F2N4O4. The lowest BCUT2D eigenvalue weighted by atomic mass is 9.95. The molecule has 0 saturated heterocycles. The number of aliphatic hydroxyl groups is 1. The molecule has 0 radical (unpaired) electrons. The summed E-state index contributed by atoms with van der Waals surface area (Å²) in [6.45, 7) is 0.669. The summed E-state index contributed by atoms with van der Waals surface area (Å²) in [5, 5.41) is 20.5. The van der Waals surface area contributed by atoms with Gasteiger partial charge in [-0.25, -0.2) is 19.2 Å². The number of nitrogens with one attached hydrogen (secondary N) is 2. The van der Waals surface area contributed by atoms with Crippen LogP contribution in [0.1, 0.15) is 28.5 Å². The van der Waals surface area contributed by atoms with Gasteiger partial charge in [-0.15, -0.1) is 0 Å². The number of aryl methyl sites for hydroxylation is 1. The van der Waals surface area contributed by atoms with Crippen LogP contribution in [0.15, 0.2) is 36.8 Å². The molecular weight excluding hydrogens is 398 g/mol. The lowest BCUT2D eigenvalue weighted by Crippen LogP contribution is -2.61. The van der Waals surface area contributed by atoms with Crippen molar-refractivity contribution in [1.82, 2.24) is 20.3 Å². The van der Waals surface area contributed by atoms with Crippen molar-refractivity contribution in [3.63, 3.8) is 0 Å². The smallest absolute Gasteiger partial charge is 0.269 e. The summed E-state index contributed by atoms with van der Waals surface area (Å²) < 4.78 is 27.8. The highest BCUT2D eigenvalue weighted by atomic mass is 19.3. The average molecular weight is 416 g/mol. The number of hydroxylamine groups is 1. The molecule has 156 valence electrons. The van der Waals surface area contributed by atoms with E-state index in [1.807, 2.05) is 12.4 Å². The fourth-order valence-corrected chi connectivity index (χ4v) is 2.26. The maximum atomic E-state index is 13.0. The second kappa shape index (κ2) is 9.65. The third-order valence-corrected chi connectivity index (χ3v) is 3.99. The number of aromatic nitrogens is 2. The Hall–Kier alpha value is -3.73. The van der Waals surface area contributed by atoms with Crippen LogP contribution >= 0.6 is 0 Å². The predicted molar refractivity (Wildman–Crippen MR) is 101 cm³/mol. The summed E-state index contributed by atoms with van der Waals surface area (Å²) in [6, 6.07) is 3.62. The van der Waals surface area contributed by atoms with Crippen molar-refractivity contribution >= 4 is 11.8 Å². The summed E-state index contributed by atoms with van der Waals surface area (Å²) >= 11 is 0. The van der Waals surface area contributed by atoms with Gasteiger partial charge in [-0.1, -0.05) is 5.92 Å². The van der Waals surface area contributed by atoms with Crippen LogP contribution < -0.4 is 10.8 Å². The van der Waals surface area contributed by atoms with E-state index in [1.165, 1.54) is 24.3 Å². The van der Waals surface area contributed by atoms with E-state index in [-0.39, 0.29) is 5.56 Å². The van der Waals surface area contributed by atoms with Crippen molar-refractivity contribution < 1.29 is 28.7 Å². The Labute approximate surface area is 170 Å². The molecule has 10 heteroatoms. The van der Waals surface area contributed by atoms with Crippen LogP contribution in [0.5, 0.6) is 0 Å². The Morgan fingerprint density at radius 3 is 2.37 bits per heavy atom. The molecule has 2 atom stereocenters. The van der Waals surface area contributed by atoms with E-state index < -0.39 is 29.9 Å². The molecule has 0 aliphatic rings. The summed E-state index contributed by atoms with van der Waals surface area (Å²) in [7, 11) is 1.81. The van der Waals surface area contributed by atoms with Crippen molar-refractivity contribution in [2.75, 3.05) is 0 Å². The number of carbonyl (C=O) groups excluding carboxylic acids is 2. The molecule has 2 rings (SSSR count). The summed E-state index contributed by atoms with van der Waals surface area (Å²) in [4.78, 5) is 27.9. The van der Waals surface area contributed by atoms with Gasteiger partial charge >= 0.3 is 0 Å². The number of imidazole rings is 1. The molecule has 0 fully saturated rings. The van der Waals surface area contributed by atoms with Crippen molar-refractivity contribution in [2.24, 2.45) is 7.05 Å². The van der Waals surface area contributed by atoms with E-state index in [0.29, 0.717) is 18.2 Å². The zero-order valence-electron chi connectivity index (χ0n) is 16.0. The summed E-state index contributed by atoms with van der Waals surface area (Å²) in [5.41, 5.74) is -0.621. The van der Waals surface area contributed by atoms with Gasteiger partial charge in [0, 0.05) is 24.4 Å². The number of halogens is 2. The third-order valence-electron chi connectivity index (χ3n) is 3.99. The van der Waals surface area contributed by atoms with Crippen molar-refractivity contribution in [3.05, 3.63) is 53.6 Å². The summed E-state index contributed by atoms with van der Waals surface area (Å²) in [6.07, 6.45) is -0.0148. The molecule has 0 saturated carbocycles. The first-order valence-electron chi connectivity index (χ1n) is 8.50. The van der Waals surface area contributed by atoms with E-state index in [9.17, 15) is 23.5 Å². The van der Waals surface area contributed by atoms with Crippen LogP contribution in [0, 0.1) is 23.7 Å². The van der Waals surface area contributed by atoms with E-state index in [0.717, 1.165) is 5.48 Å². The molecule has 30 heavy (non-hydrogen) atoms. The lowest BCUT2D eigenvalue weighted by molar-refractivity contribution is -0.149. The SMILES string of the molecule is Cn1cnc(C#CC#Cc2ccc(C(=O)NC(C(=O)NO)C(C)(O)C(F)F)cc2)c1. The third kappa shape index (κ3) is 5.64. The first-order chi connectivity index (χ1) is 14.1. The molecule has 2 unspecified atom stereocenters. The molecule has 0 bridgehead atoms. The zero-order valence-corrected chi connectivity index (χ0v) is 16.0. The fourth-order valence-electron chi connectivity index (χ4n) is 2.26. The van der Waals surface area contributed by atoms with Gasteiger partial charge in [-0.2, -0.15) is 0 Å². The molecule has 0 spiro atoms. The Bertz CT molecular complexity index is 1040. The topological polar surface area (TPSA) is 116 Å². The molecule has 0 aliphatic carbocycles. The average Bonchev–Trinajstić information content (AvgIpc) is 3.13. The molecule has 1 aromatic heterocycles. The minimum Gasteiger partial charge on any atom is -0.381 e. The van der Waals surface area contributed by atoms with E-state index in [4.69, 9.17) is 5.21 Å². The van der Waals surface area contributed by atoms with E-state index >= 15 is 0 Å².